The van der Waals surface area contributed by atoms with Crippen molar-refractivity contribution in [2.75, 3.05) is 20.6 Å². The second-order valence-electron chi connectivity index (χ2n) is 9.23. The number of aliphatic hydroxyl groups is 2. The molecule has 0 aromatic rings. The Labute approximate surface area is 166 Å². The molecule has 2 aliphatic carbocycles. The third kappa shape index (κ3) is 7.21. The van der Waals surface area contributed by atoms with Crippen LogP contribution >= 0.6 is 0 Å². The van der Waals surface area contributed by atoms with Crippen molar-refractivity contribution in [2.45, 2.75) is 76.9 Å². The first-order valence-corrected chi connectivity index (χ1v) is 10.9. The summed E-state index contributed by atoms with van der Waals surface area (Å²) < 4.78 is 0. The average molecular weight is 376 g/mol. The fraction of sp³-hybridized carbons (Fsp3) is 0.750. The molecule has 0 bridgehead atoms. The first kappa shape index (κ1) is 22.4. The van der Waals surface area contributed by atoms with Gasteiger partial charge in [0, 0.05) is 5.92 Å². The molecule has 0 unspecified atom stereocenters. The van der Waals surface area contributed by atoms with Crippen molar-refractivity contribution in [3.8, 4) is 0 Å². The van der Waals surface area contributed by atoms with Crippen LogP contribution in [0.2, 0.25) is 0 Å². The van der Waals surface area contributed by atoms with E-state index in [0.29, 0.717) is 18.3 Å². The van der Waals surface area contributed by atoms with Gasteiger partial charge < -0.3 is 15.1 Å². The highest BCUT2D eigenvalue weighted by molar-refractivity contribution is 5.28. The van der Waals surface area contributed by atoms with Gasteiger partial charge in [0.1, 0.15) is 0 Å². The quantitative estimate of drug-likeness (QED) is 0.406. The summed E-state index contributed by atoms with van der Waals surface area (Å²) in [5, 5.41) is 20.9. The highest BCUT2D eigenvalue weighted by Gasteiger charge is 2.42. The molecule has 2 N–H and O–H groups in total. The Hall–Kier alpha value is -0.900. The van der Waals surface area contributed by atoms with E-state index in [2.05, 4.69) is 56.3 Å². The monoisotopic (exact) mass is 375 g/mol. The number of hydrogen-bond donors (Lipinski definition) is 2. The van der Waals surface area contributed by atoms with Gasteiger partial charge in [-0.3, -0.25) is 0 Å². The Kier molecular flexibility index (Phi) is 8.78. The predicted octanol–water partition coefficient (Wildman–Crippen LogP) is 4.72. The largest absolute Gasteiger partial charge is 0.392 e. The van der Waals surface area contributed by atoms with Crippen LogP contribution in [0, 0.1) is 17.8 Å². The van der Waals surface area contributed by atoms with Crippen molar-refractivity contribution in [3.05, 3.63) is 36.0 Å². The molecule has 5 atom stereocenters. The van der Waals surface area contributed by atoms with Crippen molar-refractivity contribution in [1.82, 2.24) is 4.90 Å². The lowest BCUT2D eigenvalue weighted by molar-refractivity contribution is 0.0513. The van der Waals surface area contributed by atoms with Crippen LogP contribution in [-0.2, 0) is 0 Å². The topological polar surface area (TPSA) is 43.7 Å². The molecule has 3 heteroatoms. The maximum Gasteiger partial charge on any atom is 0.0654 e. The van der Waals surface area contributed by atoms with Gasteiger partial charge in [-0.15, -0.1) is 0 Å². The molecule has 0 saturated heterocycles. The van der Waals surface area contributed by atoms with Crippen molar-refractivity contribution in [1.29, 1.82) is 0 Å². The van der Waals surface area contributed by atoms with Gasteiger partial charge in [-0.1, -0.05) is 55.7 Å². The first-order valence-electron chi connectivity index (χ1n) is 10.9. The summed E-state index contributed by atoms with van der Waals surface area (Å²) in [6.07, 6.45) is 19.0. The molecular weight excluding hydrogens is 334 g/mol. The van der Waals surface area contributed by atoms with Crippen molar-refractivity contribution in [2.24, 2.45) is 17.8 Å². The lowest BCUT2D eigenvalue weighted by Gasteiger charge is -2.22. The van der Waals surface area contributed by atoms with Crippen LogP contribution in [0.1, 0.15) is 65.2 Å². The number of aliphatic hydroxyl groups excluding tert-OH is 1. The van der Waals surface area contributed by atoms with E-state index in [1.165, 1.54) is 12.0 Å². The Balaban J connectivity index is 1.82. The minimum Gasteiger partial charge on any atom is -0.392 e. The minimum atomic E-state index is -0.621. The molecule has 2 aliphatic rings. The normalized spacial score (nSPS) is 30.4. The van der Waals surface area contributed by atoms with Gasteiger partial charge in [0.15, 0.2) is 0 Å². The number of hydrogen-bond acceptors (Lipinski definition) is 3. The molecule has 1 saturated carbocycles. The Bertz CT molecular complexity index is 532. The van der Waals surface area contributed by atoms with Gasteiger partial charge >= 0.3 is 0 Å². The Morgan fingerprint density at radius 3 is 2.74 bits per heavy atom. The summed E-state index contributed by atoms with van der Waals surface area (Å²) in [5.74, 6) is 1.27. The number of rotatable bonds is 11. The summed E-state index contributed by atoms with van der Waals surface area (Å²) in [7, 11) is 4.24. The molecule has 3 nitrogen and oxygen atoms in total. The number of allylic oxidation sites excluding steroid dienone is 4. The molecule has 27 heavy (non-hydrogen) atoms. The third-order valence-corrected chi connectivity index (χ3v) is 6.19. The number of unbranched alkanes of at least 4 members (excludes halogenated alkanes) is 2. The van der Waals surface area contributed by atoms with E-state index >= 15 is 0 Å². The summed E-state index contributed by atoms with van der Waals surface area (Å²) in [6, 6.07) is 0. The fourth-order valence-electron chi connectivity index (χ4n) is 4.57. The van der Waals surface area contributed by atoms with Gasteiger partial charge in [0.25, 0.3) is 0 Å². The summed E-state index contributed by atoms with van der Waals surface area (Å²) in [6.45, 7) is 5.22. The van der Waals surface area contributed by atoms with E-state index in [4.69, 9.17) is 0 Å². The van der Waals surface area contributed by atoms with Crippen LogP contribution < -0.4 is 0 Å². The molecular formula is C24H41NO2. The summed E-state index contributed by atoms with van der Waals surface area (Å²) >= 11 is 0. The minimum absolute atomic E-state index is 0.230. The van der Waals surface area contributed by atoms with Crippen LogP contribution in [0.3, 0.4) is 0 Å². The zero-order chi connectivity index (χ0) is 19.9. The van der Waals surface area contributed by atoms with E-state index in [-0.39, 0.29) is 12.0 Å². The standard InChI is InChI=1S/C24H41NO2/c1-5-6-13-24(2,27)14-10-12-21-22-17-19(16-20(22)18-23(21)26)11-8-7-9-15-25(3)4/h8,10-12,16,20-23,26-27H,5-7,9,13-15,17-18H2,1-4H3/b11-8+,12-10+/t20-,21+,22-,23+,24-/m0/s1. The molecule has 2 rings (SSSR count). The van der Waals surface area contributed by atoms with Crippen molar-refractivity contribution >= 4 is 0 Å². The fourth-order valence-corrected chi connectivity index (χ4v) is 4.57. The Morgan fingerprint density at radius 2 is 2.04 bits per heavy atom. The maximum absolute atomic E-state index is 10.5. The maximum atomic E-state index is 10.5. The zero-order valence-electron chi connectivity index (χ0n) is 17.9. The molecule has 0 aliphatic heterocycles. The molecule has 154 valence electrons. The van der Waals surface area contributed by atoms with Crippen LogP contribution in [0.5, 0.6) is 0 Å². The molecule has 0 aromatic heterocycles. The second kappa shape index (κ2) is 10.6. The summed E-state index contributed by atoms with van der Waals surface area (Å²) in [5.41, 5.74) is 0.819. The van der Waals surface area contributed by atoms with E-state index in [0.717, 1.165) is 45.1 Å². The van der Waals surface area contributed by atoms with Crippen molar-refractivity contribution in [3.63, 3.8) is 0 Å². The zero-order valence-corrected chi connectivity index (χ0v) is 17.9. The van der Waals surface area contributed by atoms with Crippen LogP contribution in [0.15, 0.2) is 36.0 Å². The van der Waals surface area contributed by atoms with E-state index in [1.54, 1.807) is 0 Å². The predicted molar refractivity (Wildman–Crippen MR) is 115 cm³/mol. The van der Waals surface area contributed by atoms with Gasteiger partial charge in [0.05, 0.1) is 11.7 Å². The molecule has 0 radical (unpaired) electrons. The smallest absolute Gasteiger partial charge is 0.0654 e. The highest BCUT2D eigenvalue weighted by Crippen LogP contribution is 2.47. The van der Waals surface area contributed by atoms with Gasteiger partial charge in [0.2, 0.25) is 0 Å². The van der Waals surface area contributed by atoms with E-state index < -0.39 is 5.60 Å². The van der Waals surface area contributed by atoms with Crippen LogP contribution in [-0.4, -0.2) is 47.5 Å². The molecule has 0 spiro atoms. The summed E-state index contributed by atoms with van der Waals surface area (Å²) in [4.78, 5) is 2.23. The van der Waals surface area contributed by atoms with E-state index in [1.807, 2.05) is 6.92 Å². The van der Waals surface area contributed by atoms with Gasteiger partial charge in [-0.2, -0.15) is 0 Å². The van der Waals surface area contributed by atoms with Gasteiger partial charge in [-0.25, -0.2) is 0 Å². The van der Waals surface area contributed by atoms with Crippen LogP contribution in [0.4, 0.5) is 0 Å². The van der Waals surface area contributed by atoms with Gasteiger partial charge in [-0.05, 0) is 77.9 Å². The number of fused-ring (bicyclic) bond motifs is 1. The highest BCUT2D eigenvalue weighted by atomic mass is 16.3. The van der Waals surface area contributed by atoms with Crippen molar-refractivity contribution < 1.29 is 10.2 Å². The first-order chi connectivity index (χ1) is 12.8. The SMILES string of the molecule is CCCC[C@](C)(O)C/C=C/[C@@H]1[C@H]2CC(/C=C/CCCN(C)C)=C[C@H]2C[C@H]1O. The molecule has 0 aromatic carbocycles. The second-order valence-corrected chi connectivity index (χ2v) is 9.23. The molecule has 1 fully saturated rings. The Morgan fingerprint density at radius 1 is 1.26 bits per heavy atom. The average Bonchev–Trinajstić information content (AvgIpc) is 3.10. The molecule has 0 amide bonds. The van der Waals surface area contributed by atoms with E-state index in [9.17, 15) is 10.2 Å². The third-order valence-electron chi connectivity index (χ3n) is 6.19. The lowest BCUT2D eigenvalue weighted by atomic mass is 9.88. The number of nitrogens with zero attached hydrogens (tertiary/aromatic N) is 1. The van der Waals surface area contributed by atoms with Crippen LogP contribution in [0.25, 0.3) is 0 Å². The molecule has 0 heterocycles. The lowest BCUT2D eigenvalue weighted by Crippen LogP contribution is -2.23.